The number of hydrogen-bond acceptors (Lipinski definition) is 7. The standard InChI is InChI=1S/C28H37NO5S/c1-18-8-13-23(16-24(18)15-22-11-9-21(10-12-22)7-5-6-14-29)27-25(32-19(2)30)17-26(33-20(3)31)28(34-27)35-4/h8-13,16,25-28H,5-7,14-15,17,29H2,1-4H3/t25-,26+,27+,28-/m1/s1. The Morgan fingerprint density at radius 2 is 1.66 bits per heavy atom. The maximum Gasteiger partial charge on any atom is 0.303 e. The molecule has 6 nitrogen and oxygen atoms in total. The molecule has 1 heterocycles. The second kappa shape index (κ2) is 13.1. The summed E-state index contributed by atoms with van der Waals surface area (Å²) in [6.45, 7) is 5.61. The van der Waals surface area contributed by atoms with Gasteiger partial charge in [-0.25, -0.2) is 0 Å². The van der Waals surface area contributed by atoms with E-state index >= 15 is 0 Å². The third-order valence-electron chi connectivity index (χ3n) is 6.29. The summed E-state index contributed by atoms with van der Waals surface area (Å²) in [6.07, 6.45) is 4.87. The predicted molar refractivity (Wildman–Crippen MR) is 139 cm³/mol. The average Bonchev–Trinajstić information content (AvgIpc) is 2.81. The summed E-state index contributed by atoms with van der Waals surface area (Å²) in [6, 6.07) is 15.0. The van der Waals surface area contributed by atoms with Crippen LogP contribution in [-0.4, -0.2) is 42.4 Å². The van der Waals surface area contributed by atoms with Gasteiger partial charge in [0.15, 0.2) is 0 Å². The molecule has 0 aliphatic carbocycles. The van der Waals surface area contributed by atoms with Gasteiger partial charge >= 0.3 is 11.9 Å². The Morgan fingerprint density at radius 3 is 2.29 bits per heavy atom. The predicted octanol–water partition coefficient (Wildman–Crippen LogP) is 4.88. The number of ether oxygens (including phenoxy) is 3. The van der Waals surface area contributed by atoms with Gasteiger partial charge in [0, 0.05) is 20.3 Å². The quantitative estimate of drug-likeness (QED) is 0.368. The number of carbonyl (C=O) groups excluding carboxylic acids is 2. The highest BCUT2D eigenvalue weighted by Gasteiger charge is 2.42. The van der Waals surface area contributed by atoms with E-state index < -0.39 is 18.3 Å². The van der Waals surface area contributed by atoms with E-state index in [-0.39, 0.29) is 17.4 Å². The van der Waals surface area contributed by atoms with Crippen LogP contribution in [0.5, 0.6) is 0 Å². The van der Waals surface area contributed by atoms with E-state index in [9.17, 15) is 9.59 Å². The molecule has 0 saturated carbocycles. The number of thioether (sulfide) groups is 1. The lowest BCUT2D eigenvalue weighted by molar-refractivity contribution is -0.188. The summed E-state index contributed by atoms with van der Waals surface area (Å²) in [5.74, 6) is -0.757. The van der Waals surface area contributed by atoms with Crippen molar-refractivity contribution in [2.24, 2.45) is 5.73 Å². The van der Waals surface area contributed by atoms with Crippen LogP contribution in [-0.2, 0) is 36.6 Å². The van der Waals surface area contributed by atoms with Crippen molar-refractivity contribution >= 4 is 23.7 Å². The van der Waals surface area contributed by atoms with E-state index in [2.05, 4.69) is 43.3 Å². The van der Waals surface area contributed by atoms with Gasteiger partial charge in [0.25, 0.3) is 0 Å². The Labute approximate surface area is 212 Å². The fraction of sp³-hybridized carbons (Fsp3) is 0.500. The molecule has 0 radical (unpaired) electrons. The maximum absolute atomic E-state index is 11.8. The summed E-state index contributed by atoms with van der Waals surface area (Å²) >= 11 is 1.49. The summed E-state index contributed by atoms with van der Waals surface area (Å²) in [7, 11) is 0. The lowest BCUT2D eigenvalue weighted by Crippen LogP contribution is -2.45. The van der Waals surface area contributed by atoms with Crippen molar-refractivity contribution in [3.8, 4) is 0 Å². The molecule has 1 aliphatic heterocycles. The first-order valence-electron chi connectivity index (χ1n) is 12.2. The number of unbranched alkanes of at least 4 members (excludes halogenated alkanes) is 1. The molecule has 0 aromatic heterocycles. The van der Waals surface area contributed by atoms with E-state index in [0.29, 0.717) is 6.42 Å². The summed E-state index contributed by atoms with van der Waals surface area (Å²) in [4.78, 5) is 23.4. The van der Waals surface area contributed by atoms with Gasteiger partial charge < -0.3 is 19.9 Å². The first kappa shape index (κ1) is 27.2. The Balaban J connectivity index is 1.80. The Hall–Kier alpha value is -2.35. The highest BCUT2D eigenvalue weighted by atomic mass is 32.2. The summed E-state index contributed by atoms with van der Waals surface area (Å²) in [5.41, 5.74) is 11.2. The van der Waals surface area contributed by atoms with Gasteiger partial charge in [-0.3, -0.25) is 9.59 Å². The minimum Gasteiger partial charge on any atom is -0.459 e. The van der Waals surface area contributed by atoms with Crippen molar-refractivity contribution < 1.29 is 23.8 Å². The van der Waals surface area contributed by atoms with Crippen LogP contribution in [0.15, 0.2) is 42.5 Å². The molecule has 0 amide bonds. The number of nitrogens with two attached hydrogens (primary N) is 1. The van der Waals surface area contributed by atoms with Crippen molar-refractivity contribution in [1.29, 1.82) is 0 Å². The van der Waals surface area contributed by atoms with Gasteiger partial charge in [0.1, 0.15) is 23.7 Å². The third-order valence-corrected chi connectivity index (χ3v) is 7.17. The topological polar surface area (TPSA) is 87.8 Å². The molecule has 1 fully saturated rings. The molecule has 4 atom stereocenters. The molecule has 0 spiro atoms. The second-order valence-electron chi connectivity index (χ2n) is 9.12. The SMILES string of the molecule is CS[C@H]1O[C@@H](c2ccc(C)c(Cc3ccc(CCCCN)cc3)c2)[C@H](OC(C)=O)C[C@@H]1OC(C)=O. The smallest absolute Gasteiger partial charge is 0.303 e. The van der Waals surface area contributed by atoms with Gasteiger partial charge in [-0.15, -0.1) is 11.8 Å². The monoisotopic (exact) mass is 499 g/mol. The first-order chi connectivity index (χ1) is 16.8. The van der Waals surface area contributed by atoms with Crippen LogP contribution in [0.1, 0.15) is 67.0 Å². The number of esters is 2. The van der Waals surface area contributed by atoms with Crippen molar-refractivity contribution in [1.82, 2.24) is 0 Å². The number of rotatable bonds is 10. The van der Waals surface area contributed by atoms with Gasteiger partial charge in [0.2, 0.25) is 0 Å². The molecule has 1 saturated heterocycles. The highest BCUT2D eigenvalue weighted by Crippen LogP contribution is 2.39. The van der Waals surface area contributed by atoms with Crippen molar-refractivity contribution in [2.75, 3.05) is 12.8 Å². The lowest BCUT2D eigenvalue weighted by Gasteiger charge is -2.40. The molecule has 190 valence electrons. The van der Waals surface area contributed by atoms with E-state index in [1.165, 1.54) is 47.9 Å². The first-order valence-corrected chi connectivity index (χ1v) is 13.5. The normalized spacial score (nSPS) is 22.0. The van der Waals surface area contributed by atoms with E-state index in [4.69, 9.17) is 19.9 Å². The van der Waals surface area contributed by atoms with Crippen LogP contribution in [0.4, 0.5) is 0 Å². The Kier molecular flexibility index (Phi) is 10.2. The number of aryl methyl sites for hydroxylation is 2. The zero-order chi connectivity index (χ0) is 25.4. The van der Waals surface area contributed by atoms with Gasteiger partial charge in [0.05, 0.1) is 0 Å². The molecule has 1 aliphatic rings. The van der Waals surface area contributed by atoms with Crippen LogP contribution in [0, 0.1) is 6.92 Å². The van der Waals surface area contributed by atoms with E-state index in [1.54, 1.807) is 0 Å². The number of benzene rings is 2. The highest BCUT2D eigenvalue weighted by molar-refractivity contribution is 7.99. The molecule has 0 bridgehead atoms. The van der Waals surface area contributed by atoms with Crippen molar-refractivity contribution in [2.45, 2.75) is 76.6 Å². The average molecular weight is 500 g/mol. The molecule has 2 N–H and O–H groups in total. The summed E-state index contributed by atoms with van der Waals surface area (Å²) < 4.78 is 17.5. The number of hydrogen-bond donors (Lipinski definition) is 1. The summed E-state index contributed by atoms with van der Waals surface area (Å²) in [5, 5.41) is 0. The Morgan fingerprint density at radius 1 is 1.00 bits per heavy atom. The second-order valence-corrected chi connectivity index (χ2v) is 10.1. The van der Waals surface area contributed by atoms with Crippen LogP contribution in [0.25, 0.3) is 0 Å². The maximum atomic E-state index is 11.8. The molecule has 7 heteroatoms. The van der Waals surface area contributed by atoms with Gasteiger partial charge in [-0.1, -0.05) is 42.5 Å². The lowest BCUT2D eigenvalue weighted by atomic mass is 9.92. The van der Waals surface area contributed by atoms with Crippen LogP contribution < -0.4 is 5.73 Å². The number of carbonyl (C=O) groups is 2. The largest absolute Gasteiger partial charge is 0.459 e. The zero-order valence-corrected chi connectivity index (χ0v) is 21.9. The molecule has 0 unspecified atom stereocenters. The molecule has 2 aromatic carbocycles. The molecular formula is C28H37NO5S. The van der Waals surface area contributed by atoms with Crippen molar-refractivity contribution in [3.05, 3.63) is 70.3 Å². The molecule has 2 aromatic rings. The van der Waals surface area contributed by atoms with Gasteiger partial charge in [-0.2, -0.15) is 0 Å². The molecular weight excluding hydrogens is 462 g/mol. The van der Waals surface area contributed by atoms with Gasteiger partial charge in [-0.05, 0) is 73.2 Å². The van der Waals surface area contributed by atoms with Crippen LogP contribution >= 0.6 is 11.8 Å². The van der Waals surface area contributed by atoms with E-state index in [1.807, 2.05) is 12.3 Å². The third kappa shape index (κ3) is 7.82. The molecule has 35 heavy (non-hydrogen) atoms. The fourth-order valence-corrected chi connectivity index (χ4v) is 5.20. The Bertz CT molecular complexity index is 993. The molecule has 3 rings (SSSR count). The van der Waals surface area contributed by atoms with Crippen molar-refractivity contribution in [3.63, 3.8) is 0 Å². The minimum atomic E-state index is -0.538. The zero-order valence-electron chi connectivity index (χ0n) is 21.1. The fourth-order valence-electron chi connectivity index (χ4n) is 4.50. The van der Waals surface area contributed by atoms with Crippen LogP contribution in [0.2, 0.25) is 0 Å². The van der Waals surface area contributed by atoms with E-state index in [0.717, 1.165) is 37.8 Å². The van der Waals surface area contributed by atoms with Crippen LogP contribution in [0.3, 0.4) is 0 Å². The minimum absolute atomic E-state index is 0.340.